The molecule has 0 aliphatic carbocycles. The zero-order chi connectivity index (χ0) is 9.68. The number of anilines is 1. The van der Waals surface area contributed by atoms with Gasteiger partial charge in [0.15, 0.2) is 5.82 Å². The van der Waals surface area contributed by atoms with Crippen LogP contribution >= 0.6 is 0 Å². The van der Waals surface area contributed by atoms with Crippen LogP contribution in [-0.2, 0) is 0 Å². The molecular weight excluding hydrogens is 166 g/mol. The summed E-state index contributed by atoms with van der Waals surface area (Å²) in [6.07, 6.45) is 0. The fraction of sp³-hybridized carbons (Fsp3) is 0.333. The summed E-state index contributed by atoms with van der Waals surface area (Å²) >= 11 is 0. The molecule has 0 saturated carbocycles. The SMILES string of the molecule is CN(C)c1ccc(C#CCO)nn1. The second-order valence-electron chi connectivity index (χ2n) is 2.63. The number of aliphatic hydroxyl groups is 1. The van der Waals surface area contributed by atoms with Gasteiger partial charge in [0, 0.05) is 14.1 Å². The molecule has 4 heteroatoms. The molecule has 1 aromatic rings. The molecule has 0 aliphatic rings. The van der Waals surface area contributed by atoms with Crippen LogP contribution in [0, 0.1) is 11.8 Å². The Kier molecular flexibility index (Phi) is 3.23. The van der Waals surface area contributed by atoms with Crippen LogP contribution in [0.2, 0.25) is 0 Å². The molecule has 4 nitrogen and oxygen atoms in total. The molecule has 0 aromatic carbocycles. The molecule has 0 atom stereocenters. The lowest BCUT2D eigenvalue weighted by Crippen LogP contribution is -2.11. The van der Waals surface area contributed by atoms with Crippen LogP contribution in [0.25, 0.3) is 0 Å². The van der Waals surface area contributed by atoms with Crippen molar-refractivity contribution < 1.29 is 5.11 Å². The van der Waals surface area contributed by atoms with E-state index in [1.54, 1.807) is 6.07 Å². The van der Waals surface area contributed by atoms with Gasteiger partial charge in [-0.15, -0.1) is 10.2 Å². The summed E-state index contributed by atoms with van der Waals surface area (Å²) in [5.74, 6) is 5.96. The smallest absolute Gasteiger partial charge is 0.150 e. The Hall–Kier alpha value is -1.60. The molecule has 1 N–H and O–H groups in total. The molecule has 68 valence electrons. The van der Waals surface area contributed by atoms with Crippen LogP contribution in [0.4, 0.5) is 5.82 Å². The maximum absolute atomic E-state index is 8.44. The highest BCUT2D eigenvalue weighted by Crippen LogP contribution is 2.03. The third-order valence-corrected chi connectivity index (χ3v) is 1.40. The average Bonchev–Trinajstić information content (AvgIpc) is 2.15. The summed E-state index contributed by atoms with van der Waals surface area (Å²) in [4.78, 5) is 1.86. The molecule has 1 heterocycles. The van der Waals surface area contributed by atoms with Gasteiger partial charge >= 0.3 is 0 Å². The van der Waals surface area contributed by atoms with Gasteiger partial charge in [-0.05, 0) is 18.1 Å². The highest BCUT2D eigenvalue weighted by molar-refractivity contribution is 5.38. The minimum atomic E-state index is -0.156. The summed E-state index contributed by atoms with van der Waals surface area (Å²) in [6.45, 7) is -0.156. The zero-order valence-electron chi connectivity index (χ0n) is 7.65. The van der Waals surface area contributed by atoms with Gasteiger partial charge < -0.3 is 10.0 Å². The molecule has 1 rings (SSSR count). The summed E-state index contributed by atoms with van der Waals surface area (Å²) in [5, 5.41) is 16.2. The van der Waals surface area contributed by atoms with E-state index in [9.17, 15) is 0 Å². The van der Waals surface area contributed by atoms with Gasteiger partial charge in [0.1, 0.15) is 12.3 Å². The maximum atomic E-state index is 8.44. The van der Waals surface area contributed by atoms with E-state index < -0.39 is 0 Å². The Morgan fingerprint density at radius 1 is 1.38 bits per heavy atom. The number of aromatic nitrogens is 2. The van der Waals surface area contributed by atoms with E-state index in [0.29, 0.717) is 5.69 Å². The third kappa shape index (κ3) is 2.73. The number of aliphatic hydroxyl groups excluding tert-OH is 1. The molecule has 0 fully saturated rings. The van der Waals surface area contributed by atoms with Crippen molar-refractivity contribution in [2.45, 2.75) is 0 Å². The lowest BCUT2D eigenvalue weighted by atomic mass is 10.4. The molecule has 0 aliphatic heterocycles. The topological polar surface area (TPSA) is 49.2 Å². The van der Waals surface area contributed by atoms with Crippen molar-refractivity contribution in [3.05, 3.63) is 17.8 Å². The highest BCUT2D eigenvalue weighted by Gasteiger charge is 1.95. The van der Waals surface area contributed by atoms with Gasteiger partial charge in [-0.25, -0.2) is 0 Å². The summed E-state index contributed by atoms with van der Waals surface area (Å²) < 4.78 is 0. The van der Waals surface area contributed by atoms with Crippen LogP contribution in [-0.4, -0.2) is 36.0 Å². The minimum absolute atomic E-state index is 0.156. The molecule has 0 spiro atoms. The lowest BCUT2D eigenvalue weighted by Gasteiger charge is -2.08. The number of hydrogen-bond donors (Lipinski definition) is 1. The molecule has 13 heavy (non-hydrogen) atoms. The highest BCUT2D eigenvalue weighted by atomic mass is 16.2. The van der Waals surface area contributed by atoms with Gasteiger partial charge in [0.2, 0.25) is 0 Å². The van der Waals surface area contributed by atoms with Crippen molar-refractivity contribution in [2.75, 3.05) is 25.6 Å². The average molecular weight is 177 g/mol. The van der Waals surface area contributed by atoms with Crippen LogP contribution in [0.15, 0.2) is 12.1 Å². The van der Waals surface area contributed by atoms with E-state index in [-0.39, 0.29) is 6.61 Å². The maximum Gasteiger partial charge on any atom is 0.150 e. The monoisotopic (exact) mass is 177 g/mol. The molecular formula is C9H11N3O. The van der Waals surface area contributed by atoms with Gasteiger partial charge in [0.25, 0.3) is 0 Å². The molecule has 0 amide bonds. The minimum Gasteiger partial charge on any atom is -0.384 e. The number of rotatable bonds is 1. The van der Waals surface area contributed by atoms with Crippen LogP contribution in [0.3, 0.4) is 0 Å². The van der Waals surface area contributed by atoms with Crippen molar-refractivity contribution >= 4 is 5.82 Å². The molecule has 1 aromatic heterocycles. The summed E-state index contributed by atoms with van der Waals surface area (Å²) in [7, 11) is 3.78. The second kappa shape index (κ2) is 4.43. The molecule has 0 radical (unpaired) electrons. The van der Waals surface area contributed by atoms with Crippen LogP contribution < -0.4 is 4.90 Å². The van der Waals surface area contributed by atoms with E-state index in [2.05, 4.69) is 22.0 Å². The lowest BCUT2D eigenvalue weighted by molar-refractivity contribution is 0.350. The van der Waals surface area contributed by atoms with Crippen molar-refractivity contribution in [1.29, 1.82) is 0 Å². The van der Waals surface area contributed by atoms with E-state index in [1.807, 2.05) is 25.1 Å². The van der Waals surface area contributed by atoms with Gasteiger partial charge in [-0.2, -0.15) is 0 Å². The Balaban J connectivity index is 2.81. The number of hydrogen-bond acceptors (Lipinski definition) is 4. The quantitative estimate of drug-likeness (QED) is 0.608. The first kappa shape index (κ1) is 9.49. The summed E-state index contributed by atoms with van der Waals surface area (Å²) in [6, 6.07) is 3.60. The van der Waals surface area contributed by atoms with Crippen molar-refractivity contribution in [2.24, 2.45) is 0 Å². The van der Waals surface area contributed by atoms with E-state index in [4.69, 9.17) is 5.11 Å². The fourth-order valence-electron chi connectivity index (χ4n) is 0.761. The van der Waals surface area contributed by atoms with Gasteiger partial charge in [-0.3, -0.25) is 0 Å². The van der Waals surface area contributed by atoms with Crippen molar-refractivity contribution in [3.63, 3.8) is 0 Å². The normalized spacial score (nSPS) is 8.85. The Bertz CT molecular complexity index is 321. The molecule has 0 saturated heterocycles. The van der Waals surface area contributed by atoms with E-state index in [0.717, 1.165) is 5.82 Å². The summed E-state index contributed by atoms with van der Waals surface area (Å²) in [5.41, 5.74) is 0.569. The standard InChI is InChI=1S/C9H11N3O/c1-12(2)9-6-5-8(10-11-9)4-3-7-13/h5-6,13H,7H2,1-2H3. The Morgan fingerprint density at radius 3 is 2.62 bits per heavy atom. The van der Waals surface area contributed by atoms with E-state index in [1.165, 1.54) is 0 Å². The first-order valence-corrected chi connectivity index (χ1v) is 3.85. The second-order valence-corrected chi connectivity index (χ2v) is 2.63. The zero-order valence-corrected chi connectivity index (χ0v) is 7.65. The predicted molar refractivity (Wildman–Crippen MR) is 50.3 cm³/mol. The molecule has 0 bridgehead atoms. The largest absolute Gasteiger partial charge is 0.384 e. The number of nitrogens with zero attached hydrogens (tertiary/aromatic N) is 3. The van der Waals surface area contributed by atoms with Crippen molar-refractivity contribution in [3.8, 4) is 11.8 Å². The first-order valence-electron chi connectivity index (χ1n) is 3.85. The van der Waals surface area contributed by atoms with Gasteiger partial charge in [-0.1, -0.05) is 5.92 Å². The van der Waals surface area contributed by atoms with Gasteiger partial charge in [0.05, 0.1) is 0 Å². The Morgan fingerprint density at radius 2 is 2.15 bits per heavy atom. The third-order valence-electron chi connectivity index (χ3n) is 1.40. The van der Waals surface area contributed by atoms with Crippen LogP contribution in [0.1, 0.15) is 5.69 Å². The first-order chi connectivity index (χ1) is 6.24. The molecule has 0 unspecified atom stereocenters. The Labute approximate surface area is 77.2 Å². The van der Waals surface area contributed by atoms with Crippen LogP contribution in [0.5, 0.6) is 0 Å². The van der Waals surface area contributed by atoms with E-state index >= 15 is 0 Å². The van der Waals surface area contributed by atoms with Crippen molar-refractivity contribution in [1.82, 2.24) is 10.2 Å². The predicted octanol–water partition coefficient (Wildman–Crippen LogP) is -0.114. The fourth-order valence-corrected chi connectivity index (χ4v) is 0.761.